The van der Waals surface area contributed by atoms with E-state index >= 15 is 0 Å². The van der Waals surface area contributed by atoms with Crippen molar-refractivity contribution >= 4 is 28.8 Å². The number of nitrogens with zero attached hydrogens (tertiary/aromatic N) is 5. The highest BCUT2D eigenvalue weighted by Gasteiger charge is 2.41. The average Bonchev–Trinajstić information content (AvgIpc) is 3.73. The van der Waals surface area contributed by atoms with Crippen molar-refractivity contribution in [3.8, 4) is 10.7 Å². The van der Waals surface area contributed by atoms with Crippen LogP contribution in [-0.4, -0.2) is 32.0 Å². The molecule has 210 valence electrons. The largest absolute Gasteiger partial charge is 0.464 e. The highest BCUT2D eigenvalue weighted by molar-refractivity contribution is 7.13. The van der Waals surface area contributed by atoms with Crippen LogP contribution in [0.5, 0.6) is 0 Å². The van der Waals surface area contributed by atoms with Crippen molar-refractivity contribution in [3.63, 3.8) is 0 Å². The second-order valence-corrected chi connectivity index (χ2v) is 9.90. The molecule has 3 heterocycles. The van der Waals surface area contributed by atoms with Crippen LogP contribution in [0.4, 0.5) is 18.9 Å². The van der Waals surface area contributed by atoms with Gasteiger partial charge in [0.2, 0.25) is 5.82 Å². The molecule has 9 nitrogen and oxygen atoms in total. The number of thiophene rings is 1. The Morgan fingerprint density at radius 1 is 1.02 bits per heavy atom. The van der Waals surface area contributed by atoms with Crippen LogP contribution in [0.2, 0.25) is 0 Å². The number of aryl methyl sites for hydroxylation is 1. The molecule has 0 radical (unpaired) electrons. The van der Waals surface area contributed by atoms with Crippen molar-refractivity contribution in [2.75, 3.05) is 4.90 Å². The summed E-state index contributed by atoms with van der Waals surface area (Å²) in [5.74, 6) is -0.959. The van der Waals surface area contributed by atoms with Crippen LogP contribution in [0, 0.1) is 6.92 Å². The van der Waals surface area contributed by atoms with Crippen molar-refractivity contribution < 1.29 is 27.2 Å². The fraction of sp³-hybridized carbons (Fsp3) is 0.179. The summed E-state index contributed by atoms with van der Waals surface area (Å²) in [6.45, 7) is 1.12. The molecule has 0 aliphatic heterocycles. The molecule has 5 aromatic rings. The molecule has 0 bridgehead atoms. The first-order chi connectivity index (χ1) is 19.7. The summed E-state index contributed by atoms with van der Waals surface area (Å²) in [7, 11) is 0. The monoisotopic (exact) mass is 580 g/mol. The molecule has 0 saturated carbocycles. The molecule has 5 rings (SSSR count). The molecule has 2 aromatic carbocycles. The van der Waals surface area contributed by atoms with E-state index in [4.69, 9.17) is 4.42 Å². The van der Waals surface area contributed by atoms with Crippen LogP contribution in [0.3, 0.4) is 0 Å². The molecular formula is C28H23F3N6O3S. The van der Waals surface area contributed by atoms with E-state index in [1.165, 1.54) is 29.5 Å². The molecule has 0 saturated heterocycles. The van der Waals surface area contributed by atoms with Crippen LogP contribution in [0.1, 0.15) is 28.7 Å². The Labute approximate surface area is 236 Å². The van der Waals surface area contributed by atoms with Gasteiger partial charge in [0, 0.05) is 6.54 Å². The van der Waals surface area contributed by atoms with Gasteiger partial charge in [-0.1, -0.05) is 48.5 Å². The number of para-hydroxylation sites is 1. The van der Waals surface area contributed by atoms with E-state index in [0.717, 1.165) is 27.4 Å². The van der Waals surface area contributed by atoms with Gasteiger partial charge in [0.05, 0.1) is 16.1 Å². The summed E-state index contributed by atoms with van der Waals surface area (Å²) in [4.78, 5) is 30.1. The first-order valence-electron chi connectivity index (χ1n) is 12.4. The Bertz CT molecular complexity index is 1630. The first kappa shape index (κ1) is 27.8. The van der Waals surface area contributed by atoms with E-state index in [1.54, 1.807) is 49.4 Å². The molecule has 3 aromatic heterocycles. The molecule has 1 atom stereocenters. The zero-order valence-electron chi connectivity index (χ0n) is 21.6. The summed E-state index contributed by atoms with van der Waals surface area (Å²) in [5, 5.41) is 16.6. The minimum Gasteiger partial charge on any atom is -0.464 e. The first-order valence-corrected chi connectivity index (χ1v) is 13.3. The SMILES string of the molecule is Cc1ccc(C(C(=O)NCc2ccccc2)N(C(=O)Cn2nnc(-c3cccs3)n2)c2ccccc2C(F)(F)F)o1. The minimum absolute atomic E-state index is 0.00999. The fourth-order valence-electron chi connectivity index (χ4n) is 4.21. The standard InChI is InChI=1S/C28H23F3N6O3S/c1-18-13-14-22(40-18)25(27(39)32-16-19-8-3-2-4-9-19)37(21-11-6-5-10-20(21)28(29,30)31)24(38)17-36-34-26(33-35-36)23-12-7-15-41-23/h2-15,25H,16-17H2,1H3,(H,32,39). The number of carbonyl (C=O) groups excluding carboxylic acids is 2. The Morgan fingerprint density at radius 2 is 1.78 bits per heavy atom. The Hall–Kier alpha value is -4.78. The number of hydrogen-bond acceptors (Lipinski definition) is 7. The van der Waals surface area contributed by atoms with E-state index in [-0.39, 0.29) is 18.1 Å². The number of carbonyl (C=O) groups is 2. The highest BCUT2D eigenvalue weighted by atomic mass is 32.1. The van der Waals surface area contributed by atoms with Crippen molar-refractivity contribution in [2.45, 2.75) is 32.2 Å². The summed E-state index contributed by atoms with van der Waals surface area (Å²) < 4.78 is 48.3. The topological polar surface area (TPSA) is 106 Å². The average molecular weight is 581 g/mol. The molecule has 1 N–H and O–H groups in total. The van der Waals surface area contributed by atoms with E-state index in [9.17, 15) is 22.8 Å². The maximum atomic E-state index is 14.2. The number of rotatable bonds is 9. The van der Waals surface area contributed by atoms with Crippen molar-refractivity contribution in [3.05, 3.63) is 107 Å². The van der Waals surface area contributed by atoms with Crippen LogP contribution >= 0.6 is 11.3 Å². The Morgan fingerprint density at radius 3 is 2.46 bits per heavy atom. The number of tetrazole rings is 1. The molecule has 41 heavy (non-hydrogen) atoms. The number of halogens is 3. The van der Waals surface area contributed by atoms with E-state index < -0.39 is 41.8 Å². The smallest absolute Gasteiger partial charge is 0.418 e. The molecule has 13 heteroatoms. The van der Waals surface area contributed by atoms with Gasteiger partial charge in [-0.25, -0.2) is 0 Å². The Kier molecular flexibility index (Phi) is 7.97. The lowest BCUT2D eigenvalue weighted by Crippen LogP contribution is -2.45. The molecular weight excluding hydrogens is 557 g/mol. The number of alkyl halides is 3. The summed E-state index contributed by atoms with van der Waals surface area (Å²) in [5.41, 5.74) is -0.850. The molecule has 2 amide bonds. The number of furan rings is 1. The molecule has 0 aliphatic carbocycles. The van der Waals surface area contributed by atoms with Crippen LogP contribution < -0.4 is 10.2 Å². The maximum absolute atomic E-state index is 14.2. The van der Waals surface area contributed by atoms with Crippen molar-refractivity contribution in [2.24, 2.45) is 0 Å². The third kappa shape index (κ3) is 6.35. The summed E-state index contributed by atoms with van der Waals surface area (Å²) >= 11 is 1.36. The minimum atomic E-state index is -4.82. The number of anilines is 1. The van der Waals surface area contributed by atoms with E-state index in [2.05, 4.69) is 20.7 Å². The zero-order chi connectivity index (χ0) is 29.0. The lowest BCUT2D eigenvalue weighted by atomic mass is 10.1. The molecule has 0 fully saturated rings. The van der Waals surface area contributed by atoms with Gasteiger partial charge in [-0.2, -0.15) is 18.0 Å². The predicted molar refractivity (Wildman–Crippen MR) is 145 cm³/mol. The van der Waals surface area contributed by atoms with E-state index in [1.807, 2.05) is 11.4 Å². The maximum Gasteiger partial charge on any atom is 0.418 e. The number of aromatic nitrogens is 4. The van der Waals surface area contributed by atoms with E-state index in [0.29, 0.717) is 10.6 Å². The van der Waals surface area contributed by atoms with Crippen LogP contribution in [0.15, 0.2) is 88.7 Å². The highest BCUT2D eigenvalue weighted by Crippen LogP contribution is 2.40. The van der Waals surface area contributed by atoms with Gasteiger partial charge >= 0.3 is 6.18 Å². The summed E-state index contributed by atoms with van der Waals surface area (Å²) in [6, 6.07) is 18.5. The lowest BCUT2D eigenvalue weighted by molar-refractivity contribution is -0.137. The molecule has 0 aliphatic rings. The third-order valence-electron chi connectivity index (χ3n) is 6.06. The van der Waals surface area contributed by atoms with Gasteiger partial charge in [-0.05, 0) is 53.4 Å². The van der Waals surface area contributed by atoms with Gasteiger partial charge < -0.3 is 9.73 Å². The van der Waals surface area contributed by atoms with Crippen molar-refractivity contribution in [1.82, 2.24) is 25.5 Å². The number of hydrogen-bond donors (Lipinski definition) is 1. The number of amides is 2. The predicted octanol–water partition coefficient (Wildman–Crippen LogP) is 5.41. The second kappa shape index (κ2) is 11.8. The van der Waals surface area contributed by atoms with Crippen LogP contribution in [0.25, 0.3) is 10.7 Å². The van der Waals surface area contributed by atoms with Gasteiger partial charge in [0.25, 0.3) is 11.8 Å². The van der Waals surface area contributed by atoms with Crippen LogP contribution in [-0.2, 0) is 28.9 Å². The molecule has 0 spiro atoms. The van der Waals surface area contributed by atoms with Gasteiger partial charge in [-0.3, -0.25) is 14.5 Å². The lowest BCUT2D eigenvalue weighted by Gasteiger charge is -2.31. The quantitative estimate of drug-likeness (QED) is 0.250. The fourth-order valence-corrected chi connectivity index (χ4v) is 4.86. The number of nitrogens with one attached hydrogen (secondary N) is 1. The molecule has 1 unspecified atom stereocenters. The normalized spacial score (nSPS) is 12.2. The Balaban J connectivity index is 1.56. The second-order valence-electron chi connectivity index (χ2n) is 8.95. The van der Waals surface area contributed by atoms with Gasteiger partial charge in [0.1, 0.15) is 18.1 Å². The third-order valence-corrected chi connectivity index (χ3v) is 6.92. The van der Waals surface area contributed by atoms with Gasteiger partial charge in [0.15, 0.2) is 6.04 Å². The summed E-state index contributed by atoms with van der Waals surface area (Å²) in [6.07, 6.45) is -4.82. The van der Waals surface area contributed by atoms with Crippen molar-refractivity contribution in [1.29, 1.82) is 0 Å². The zero-order valence-corrected chi connectivity index (χ0v) is 22.4. The number of benzene rings is 2. The van der Waals surface area contributed by atoms with Gasteiger partial charge in [-0.15, -0.1) is 21.5 Å².